The molecule has 0 N–H and O–H groups in total. The van der Waals surface area contributed by atoms with Crippen molar-refractivity contribution < 1.29 is 4.39 Å². The molecule has 0 heterocycles. The zero-order chi connectivity index (χ0) is 12.0. The molecule has 0 amide bonds. The predicted octanol–water partition coefficient (Wildman–Crippen LogP) is 2.83. The van der Waals surface area contributed by atoms with Gasteiger partial charge in [-0.05, 0) is 37.7 Å². The van der Waals surface area contributed by atoms with Crippen LogP contribution in [0.4, 0.5) is 4.39 Å². The van der Waals surface area contributed by atoms with Crippen LogP contribution >= 0.6 is 0 Å². The van der Waals surface area contributed by atoms with Gasteiger partial charge in [0.25, 0.3) is 0 Å². The number of benzene rings is 1. The van der Waals surface area contributed by atoms with Crippen molar-refractivity contribution in [2.75, 3.05) is 19.6 Å². The summed E-state index contributed by atoms with van der Waals surface area (Å²) in [5.41, 5.74) is 1.81. The summed E-state index contributed by atoms with van der Waals surface area (Å²) in [7, 11) is 0. The Morgan fingerprint density at radius 1 is 1.25 bits per heavy atom. The average Bonchev–Trinajstić information content (AvgIpc) is 2.29. The van der Waals surface area contributed by atoms with Gasteiger partial charge in [0, 0.05) is 5.56 Å². The Kier molecular flexibility index (Phi) is 5.01. The molecule has 0 saturated carbocycles. The highest BCUT2D eigenvalue weighted by molar-refractivity contribution is 5.41. The van der Waals surface area contributed by atoms with E-state index in [1.54, 1.807) is 6.07 Å². The van der Waals surface area contributed by atoms with Crippen LogP contribution in [0.15, 0.2) is 18.2 Å². The van der Waals surface area contributed by atoms with Crippen LogP contribution in [0.2, 0.25) is 0 Å². The van der Waals surface area contributed by atoms with Gasteiger partial charge in [-0.1, -0.05) is 31.8 Å². The van der Waals surface area contributed by atoms with E-state index in [2.05, 4.69) is 30.6 Å². The second-order valence-electron chi connectivity index (χ2n) is 3.72. The molecule has 0 fully saturated rings. The first-order valence-corrected chi connectivity index (χ1v) is 5.64. The zero-order valence-corrected chi connectivity index (χ0v) is 10.2. The Balaban J connectivity index is 2.72. The lowest BCUT2D eigenvalue weighted by molar-refractivity contribution is 0.342. The Morgan fingerprint density at radius 3 is 2.56 bits per heavy atom. The third-order valence-corrected chi connectivity index (χ3v) is 2.62. The largest absolute Gasteiger partial charge is 0.293 e. The second-order valence-corrected chi connectivity index (χ2v) is 3.72. The molecule has 0 aliphatic heterocycles. The molecule has 0 spiro atoms. The fraction of sp³-hybridized carbons (Fsp3) is 0.429. The van der Waals surface area contributed by atoms with Crippen LogP contribution in [0.25, 0.3) is 0 Å². The van der Waals surface area contributed by atoms with E-state index in [4.69, 9.17) is 0 Å². The second kappa shape index (κ2) is 6.30. The van der Waals surface area contributed by atoms with E-state index < -0.39 is 0 Å². The van der Waals surface area contributed by atoms with Crippen molar-refractivity contribution in [1.29, 1.82) is 0 Å². The van der Waals surface area contributed by atoms with Gasteiger partial charge < -0.3 is 0 Å². The van der Waals surface area contributed by atoms with Gasteiger partial charge in [-0.2, -0.15) is 0 Å². The van der Waals surface area contributed by atoms with Gasteiger partial charge >= 0.3 is 0 Å². The SMILES string of the molecule is CCN(CC)CC#Cc1cc(F)ccc1C. The monoisotopic (exact) mass is 219 g/mol. The van der Waals surface area contributed by atoms with Crippen molar-refractivity contribution in [3.63, 3.8) is 0 Å². The minimum absolute atomic E-state index is 0.224. The third kappa shape index (κ3) is 3.67. The molecule has 1 nitrogen and oxygen atoms in total. The van der Waals surface area contributed by atoms with Crippen molar-refractivity contribution in [3.8, 4) is 11.8 Å². The number of halogens is 1. The Morgan fingerprint density at radius 2 is 1.94 bits per heavy atom. The first-order chi connectivity index (χ1) is 7.67. The Bertz CT molecular complexity index is 397. The number of hydrogen-bond donors (Lipinski definition) is 0. The Hall–Kier alpha value is -1.33. The number of rotatable bonds is 3. The van der Waals surface area contributed by atoms with Gasteiger partial charge in [0.1, 0.15) is 5.82 Å². The molecule has 0 aromatic heterocycles. The summed E-state index contributed by atoms with van der Waals surface area (Å²) in [6.45, 7) is 8.89. The quantitative estimate of drug-likeness (QED) is 0.707. The molecule has 16 heavy (non-hydrogen) atoms. The molecule has 0 radical (unpaired) electrons. The molecule has 1 rings (SSSR count). The highest BCUT2D eigenvalue weighted by Gasteiger charge is 1.97. The van der Waals surface area contributed by atoms with Gasteiger partial charge in [0.2, 0.25) is 0 Å². The Labute approximate surface area is 97.3 Å². The van der Waals surface area contributed by atoms with E-state index in [0.29, 0.717) is 0 Å². The van der Waals surface area contributed by atoms with Crippen LogP contribution in [0.1, 0.15) is 25.0 Å². The van der Waals surface area contributed by atoms with Crippen LogP contribution < -0.4 is 0 Å². The molecule has 1 aromatic rings. The summed E-state index contributed by atoms with van der Waals surface area (Å²) in [4.78, 5) is 2.22. The molecule has 0 bridgehead atoms. The van der Waals surface area contributed by atoms with Gasteiger partial charge in [0.15, 0.2) is 0 Å². The molecular weight excluding hydrogens is 201 g/mol. The number of aryl methyl sites for hydroxylation is 1. The first kappa shape index (κ1) is 12.7. The lowest BCUT2D eigenvalue weighted by Crippen LogP contribution is -2.22. The van der Waals surface area contributed by atoms with Gasteiger partial charge in [0.05, 0.1) is 6.54 Å². The summed E-state index contributed by atoms with van der Waals surface area (Å²) >= 11 is 0. The van der Waals surface area contributed by atoms with Crippen molar-refractivity contribution in [2.24, 2.45) is 0 Å². The molecule has 0 atom stereocenters. The molecule has 0 unspecified atom stereocenters. The number of hydrogen-bond acceptors (Lipinski definition) is 1. The van der Waals surface area contributed by atoms with E-state index in [9.17, 15) is 4.39 Å². The van der Waals surface area contributed by atoms with E-state index in [0.717, 1.165) is 30.8 Å². The normalized spacial score (nSPS) is 10.1. The van der Waals surface area contributed by atoms with Crippen molar-refractivity contribution in [1.82, 2.24) is 4.90 Å². The summed E-state index contributed by atoms with van der Waals surface area (Å²) < 4.78 is 13.0. The van der Waals surface area contributed by atoms with Crippen molar-refractivity contribution in [2.45, 2.75) is 20.8 Å². The zero-order valence-electron chi connectivity index (χ0n) is 10.2. The first-order valence-electron chi connectivity index (χ1n) is 5.64. The van der Waals surface area contributed by atoms with E-state index in [1.807, 2.05) is 6.92 Å². The maximum atomic E-state index is 13.0. The standard InChI is InChI=1S/C14H18FN/c1-4-16(5-2)10-6-7-13-11-14(15)9-8-12(13)3/h8-9,11H,4-5,10H2,1-3H3. The van der Waals surface area contributed by atoms with Crippen molar-refractivity contribution in [3.05, 3.63) is 35.1 Å². The molecule has 0 saturated heterocycles. The third-order valence-electron chi connectivity index (χ3n) is 2.62. The van der Waals surface area contributed by atoms with Crippen molar-refractivity contribution >= 4 is 0 Å². The topological polar surface area (TPSA) is 3.24 Å². The van der Waals surface area contributed by atoms with Crippen LogP contribution in [-0.2, 0) is 0 Å². The van der Waals surface area contributed by atoms with E-state index >= 15 is 0 Å². The van der Waals surface area contributed by atoms with Gasteiger partial charge in [-0.25, -0.2) is 4.39 Å². The summed E-state index contributed by atoms with van der Waals surface area (Å²) in [5, 5.41) is 0. The fourth-order valence-electron chi connectivity index (χ4n) is 1.42. The van der Waals surface area contributed by atoms with Crippen LogP contribution in [-0.4, -0.2) is 24.5 Å². The lowest BCUT2D eigenvalue weighted by atomic mass is 10.1. The highest BCUT2D eigenvalue weighted by atomic mass is 19.1. The van der Waals surface area contributed by atoms with Gasteiger partial charge in [-0.15, -0.1) is 0 Å². The molecule has 2 heteroatoms. The van der Waals surface area contributed by atoms with E-state index in [1.165, 1.54) is 12.1 Å². The number of nitrogens with zero attached hydrogens (tertiary/aromatic N) is 1. The minimum Gasteiger partial charge on any atom is -0.293 e. The predicted molar refractivity (Wildman–Crippen MR) is 65.8 cm³/mol. The van der Waals surface area contributed by atoms with Crippen LogP contribution in [0.3, 0.4) is 0 Å². The van der Waals surface area contributed by atoms with Gasteiger partial charge in [-0.3, -0.25) is 4.90 Å². The van der Waals surface area contributed by atoms with Crippen LogP contribution in [0.5, 0.6) is 0 Å². The highest BCUT2D eigenvalue weighted by Crippen LogP contribution is 2.08. The molecular formula is C14H18FN. The van der Waals surface area contributed by atoms with E-state index in [-0.39, 0.29) is 5.82 Å². The lowest BCUT2D eigenvalue weighted by Gasteiger charge is -2.13. The minimum atomic E-state index is -0.224. The maximum Gasteiger partial charge on any atom is 0.124 e. The smallest absolute Gasteiger partial charge is 0.124 e. The molecule has 0 aliphatic rings. The average molecular weight is 219 g/mol. The summed E-state index contributed by atoms with van der Waals surface area (Å²) in [5.74, 6) is 5.88. The molecule has 0 aliphatic carbocycles. The fourth-order valence-corrected chi connectivity index (χ4v) is 1.42. The molecule has 1 aromatic carbocycles. The summed E-state index contributed by atoms with van der Waals surface area (Å²) in [6.07, 6.45) is 0. The molecule has 86 valence electrons. The van der Waals surface area contributed by atoms with Crippen LogP contribution in [0, 0.1) is 24.6 Å². The summed E-state index contributed by atoms with van der Waals surface area (Å²) in [6, 6.07) is 4.71. The maximum absolute atomic E-state index is 13.0.